The van der Waals surface area contributed by atoms with E-state index in [0.29, 0.717) is 0 Å². The van der Waals surface area contributed by atoms with Gasteiger partial charge in [-0.05, 0) is 29.9 Å². The zero-order chi connectivity index (χ0) is 17.3. The number of halogens is 5. The number of rotatable bonds is 4. The maximum atomic E-state index is 12.3. The maximum Gasteiger partial charge on any atom is 0.409 e. The van der Waals surface area contributed by atoms with E-state index < -0.39 is 29.6 Å². The molecule has 0 radical (unpaired) electrons. The predicted molar refractivity (Wildman–Crippen MR) is 79.1 cm³/mol. The summed E-state index contributed by atoms with van der Waals surface area (Å²) in [5.41, 5.74) is -0.698. The molecule has 7 heteroatoms. The van der Waals surface area contributed by atoms with Gasteiger partial charge >= 0.3 is 12.1 Å². The molecular weight excluding hydrogens is 340 g/mol. The van der Waals surface area contributed by atoms with Gasteiger partial charge in [-0.1, -0.05) is 43.0 Å². The van der Waals surface area contributed by atoms with Gasteiger partial charge in [0.05, 0.1) is 5.92 Å². The second-order valence-corrected chi connectivity index (χ2v) is 6.70. The molecule has 0 aromatic heterocycles. The summed E-state index contributed by atoms with van der Waals surface area (Å²) in [5, 5.41) is 0. The summed E-state index contributed by atoms with van der Waals surface area (Å²) in [6, 6.07) is 0. The van der Waals surface area contributed by atoms with Gasteiger partial charge in [0.2, 0.25) is 0 Å². The molecule has 1 saturated carbocycles. The van der Waals surface area contributed by atoms with Gasteiger partial charge in [0.1, 0.15) is 4.49 Å². The highest BCUT2D eigenvalue weighted by molar-refractivity contribution is 6.55. The predicted octanol–water partition coefficient (Wildman–Crippen LogP) is 4.63. The maximum absolute atomic E-state index is 12.3. The molecule has 0 aromatic rings. The molecule has 2 nitrogen and oxygen atoms in total. The van der Waals surface area contributed by atoms with E-state index in [-0.39, 0.29) is 22.1 Å². The van der Waals surface area contributed by atoms with Crippen LogP contribution in [0.5, 0.6) is 0 Å². The Balaban J connectivity index is 2.82. The van der Waals surface area contributed by atoms with Crippen LogP contribution < -0.4 is 0 Å². The first-order chi connectivity index (χ1) is 9.90. The molecule has 0 amide bonds. The summed E-state index contributed by atoms with van der Waals surface area (Å²) < 4.78 is 42.0. The Morgan fingerprint density at radius 3 is 2.36 bits per heavy atom. The molecule has 0 aromatic carbocycles. The fourth-order valence-corrected chi connectivity index (χ4v) is 2.63. The summed E-state index contributed by atoms with van der Waals surface area (Å²) in [4.78, 5) is 12.1. The van der Waals surface area contributed by atoms with Crippen LogP contribution >= 0.6 is 23.2 Å². The van der Waals surface area contributed by atoms with Crippen LogP contribution in [0.15, 0.2) is 22.2 Å². The number of esters is 1. The van der Waals surface area contributed by atoms with E-state index in [0.717, 1.165) is 6.92 Å². The number of allylic oxidation sites excluding steroid dienone is 2. The van der Waals surface area contributed by atoms with Crippen LogP contribution in [0.1, 0.15) is 20.8 Å². The lowest BCUT2D eigenvalue weighted by Crippen LogP contribution is -2.22. The van der Waals surface area contributed by atoms with Gasteiger partial charge in [-0.3, -0.25) is 4.79 Å². The number of carbonyl (C=O) groups excluding carboxylic acids is 1. The second-order valence-electron chi connectivity index (χ2n) is 5.69. The van der Waals surface area contributed by atoms with E-state index in [2.05, 4.69) is 0 Å². The van der Waals surface area contributed by atoms with Crippen molar-refractivity contribution in [2.45, 2.75) is 33.1 Å². The lowest BCUT2D eigenvalue weighted by molar-refractivity contribution is -0.148. The fraction of sp³-hybridized carbons (Fsp3) is 0.533. The molecule has 0 aliphatic heterocycles. The number of ether oxygens (including phenoxy) is 1. The first kappa shape index (κ1) is 18.9. The minimum atomic E-state index is -4.53. The quantitative estimate of drug-likeness (QED) is 0.418. The molecule has 1 aliphatic carbocycles. The Morgan fingerprint density at radius 2 is 1.95 bits per heavy atom. The molecule has 0 spiro atoms. The van der Waals surface area contributed by atoms with Crippen molar-refractivity contribution in [3.8, 4) is 12.3 Å². The van der Waals surface area contributed by atoms with Crippen molar-refractivity contribution in [2.24, 2.45) is 17.3 Å². The minimum Gasteiger partial charge on any atom is -0.444 e. The molecule has 1 rings (SSSR count). The number of hydrogen-bond acceptors (Lipinski definition) is 2. The largest absolute Gasteiger partial charge is 0.444 e. The van der Waals surface area contributed by atoms with Crippen molar-refractivity contribution in [1.82, 2.24) is 0 Å². The lowest BCUT2D eigenvalue weighted by Gasteiger charge is -2.14. The summed E-state index contributed by atoms with van der Waals surface area (Å²) >= 11 is 11.1. The van der Waals surface area contributed by atoms with E-state index >= 15 is 0 Å². The molecular formula is C15H15Cl2F3O2. The molecule has 3 atom stereocenters. The van der Waals surface area contributed by atoms with Crippen molar-refractivity contribution < 1.29 is 22.7 Å². The van der Waals surface area contributed by atoms with Gasteiger partial charge in [-0.15, -0.1) is 6.42 Å². The second kappa shape index (κ2) is 6.55. The zero-order valence-electron chi connectivity index (χ0n) is 12.2. The highest BCUT2D eigenvalue weighted by Crippen LogP contribution is 2.60. The van der Waals surface area contributed by atoms with Gasteiger partial charge in [-0.25, -0.2) is 0 Å². The van der Waals surface area contributed by atoms with Crippen LogP contribution in [0.3, 0.4) is 0 Å². The minimum absolute atomic E-state index is 0.0232. The Hall–Kier alpha value is -1.12. The van der Waals surface area contributed by atoms with Crippen molar-refractivity contribution in [2.75, 3.05) is 0 Å². The van der Waals surface area contributed by atoms with E-state index in [1.165, 1.54) is 6.08 Å². The van der Waals surface area contributed by atoms with Crippen LogP contribution in [0.2, 0.25) is 0 Å². The molecule has 0 N–H and O–H groups in total. The SMILES string of the molecule is C#CC(OC(=O)C1C(C=C(Cl)Cl)C1(C)C)C(C)=CC(F)(F)F. The molecule has 122 valence electrons. The number of alkyl halides is 3. The normalized spacial score (nSPS) is 25.0. The molecule has 22 heavy (non-hydrogen) atoms. The summed E-state index contributed by atoms with van der Waals surface area (Å²) in [5.74, 6) is 0.587. The third-order valence-electron chi connectivity index (χ3n) is 3.66. The molecule has 1 aliphatic rings. The summed E-state index contributed by atoms with van der Waals surface area (Å²) in [6.07, 6.45) is 0.805. The zero-order valence-corrected chi connectivity index (χ0v) is 13.7. The van der Waals surface area contributed by atoms with E-state index in [1.807, 2.05) is 5.92 Å². The Kier molecular flexibility index (Phi) is 5.64. The Bertz CT molecular complexity index is 552. The number of terminal acetylenes is 1. The topological polar surface area (TPSA) is 26.3 Å². The van der Waals surface area contributed by atoms with Gasteiger partial charge in [0, 0.05) is 6.08 Å². The van der Waals surface area contributed by atoms with E-state index in [4.69, 9.17) is 34.4 Å². The van der Waals surface area contributed by atoms with Crippen molar-refractivity contribution in [3.63, 3.8) is 0 Å². The van der Waals surface area contributed by atoms with Crippen molar-refractivity contribution >= 4 is 29.2 Å². The molecule has 0 heterocycles. The van der Waals surface area contributed by atoms with Crippen LogP contribution in [0.4, 0.5) is 13.2 Å². The fourth-order valence-electron chi connectivity index (χ4n) is 2.36. The third-order valence-corrected chi connectivity index (χ3v) is 3.91. The van der Waals surface area contributed by atoms with Crippen molar-refractivity contribution in [3.05, 3.63) is 22.2 Å². The Morgan fingerprint density at radius 1 is 1.41 bits per heavy atom. The van der Waals surface area contributed by atoms with Crippen LogP contribution in [0, 0.1) is 29.6 Å². The van der Waals surface area contributed by atoms with E-state index in [9.17, 15) is 18.0 Å². The van der Waals surface area contributed by atoms with E-state index in [1.54, 1.807) is 13.8 Å². The monoisotopic (exact) mass is 354 g/mol. The number of carbonyl (C=O) groups is 1. The van der Waals surface area contributed by atoms with Gasteiger partial charge < -0.3 is 4.74 Å². The first-order valence-corrected chi connectivity index (χ1v) is 7.11. The van der Waals surface area contributed by atoms with Crippen LogP contribution in [0.25, 0.3) is 0 Å². The average molecular weight is 355 g/mol. The lowest BCUT2D eigenvalue weighted by atomic mass is 10.1. The van der Waals surface area contributed by atoms with Gasteiger partial charge in [-0.2, -0.15) is 13.2 Å². The molecule has 0 saturated heterocycles. The average Bonchev–Trinajstić information content (AvgIpc) is 2.84. The molecule has 0 bridgehead atoms. The molecule has 3 unspecified atom stereocenters. The van der Waals surface area contributed by atoms with Crippen LogP contribution in [-0.2, 0) is 9.53 Å². The van der Waals surface area contributed by atoms with Gasteiger partial charge in [0.25, 0.3) is 0 Å². The summed E-state index contributed by atoms with van der Waals surface area (Å²) in [6.45, 7) is 4.77. The van der Waals surface area contributed by atoms with Gasteiger partial charge in [0.15, 0.2) is 6.10 Å². The highest BCUT2D eigenvalue weighted by atomic mass is 35.5. The smallest absolute Gasteiger partial charge is 0.409 e. The van der Waals surface area contributed by atoms with Crippen molar-refractivity contribution in [1.29, 1.82) is 0 Å². The Labute approximate surface area is 137 Å². The molecule has 1 fully saturated rings. The summed E-state index contributed by atoms with van der Waals surface area (Å²) in [7, 11) is 0. The first-order valence-electron chi connectivity index (χ1n) is 6.35. The number of hydrogen-bond donors (Lipinski definition) is 0. The standard InChI is InChI=1S/C15H15Cl2F3O2/c1-5-10(8(2)7-15(18,19)20)22-13(21)12-9(6-11(16)17)14(12,3)4/h1,6-7,9-10,12H,2-4H3. The highest BCUT2D eigenvalue weighted by Gasteiger charge is 2.61. The third kappa shape index (κ3) is 4.69. The van der Waals surface area contributed by atoms with Crippen LogP contribution in [-0.4, -0.2) is 18.2 Å².